The highest BCUT2D eigenvalue weighted by molar-refractivity contribution is 5.95. The van der Waals surface area contributed by atoms with Crippen molar-refractivity contribution in [2.45, 2.75) is 129 Å². The molecule has 4 atom stereocenters. The van der Waals surface area contributed by atoms with Gasteiger partial charge in [0, 0.05) is 45.8 Å². The third-order valence-electron chi connectivity index (χ3n) is 23.2. The van der Waals surface area contributed by atoms with Crippen molar-refractivity contribution >= 4 is 70.9 Å². The number of rotatable bonds is 56. The van der Waals surface area contributed by atoms with Crippen LogP contribution in [0.1, 0.15) is 148 Å². The number of carbonyl (C=O) groups is 12. The van der Waals surface area contributed by atoms with E-state index in [1.54, 1.807) is 149 Å². The molecule has 0 aliphatic rings. The highest BCUT2D eigenvalue weighted by atomic mass is 19.1. The molecule has 33 heteroatoms. The first kappa shape index (κ1) is 105. The molecule has 0 aliphatic carbocycles. The fraction of sp³-hybridized carbons (Fsp3) is 0.400. The van der Waals surface area contributed by atoms with Crippen molar-refractivity contribution in [1.82, 2.24) is 59.2 Å². The van der Waals surface area contributed by atoms with Crippen molar-refractivity contribution < 1.29 is 75.1 Å². The zero-order chi connectivity index (χ0) is 96.3. The number of benzene rings is 8. The van der Waals surface area contributed by atoms with Gasteiger partial charge >= 0.3 is 0 Å². The quantitative estimate of drug-likeness (QED) is 0.0153. The maximum absolute atomic E-state index is 15.9. The normalized spacial score (nSPS) is 12.0. The maximum Gasteiger partial charge on any atom is 0.243 e. The lowest BCUT2D eigenvalue weighted by atomic mass is 10.1. The number of hydrogen-bond donors (Lipinski definition) is 6. The Bertz CT molecular complexity index is 5030. The lowest BCUT2D eigenvalue weighted by Crippen LogP contribution is -2.53. The molecule has 11 N–H and O–H groups in total. The molecule has 8 rings (SSSR count). The highest BCUT2D eigenvalue weighted by Gasteiger charge is 2.38. The monoisotopic (exact) mass is 1830 g/mol. The zero-order valence-electron chi connectivity index (χ0n) is 76.4. The molecule has 0 bridgehead atoms. The van der Waals surface area contributed by atoms with Gasteiger partial charge in [-0.05, 0) is 205 Å². The molecule has 0 saturated heterocycles. The molecule has 8 aromatic carbocycles. The Morgan fingerprint density at radius 2 is 0.466 bits per heavy atom. The molecule has 12 amide bonds. The van der Waals surface area contributed by atoms with Crippen LogP contribution in [0.15, 0.2) is 218 Å². The van der Waals surface area contributed by atoms with Gasteiger partial charge in [0.2, 0.25) is 70.9 Å². The van der Waals surface area contributed by atoms with Crippen LogP contribution >= 0.6 is 0 Å². The van der Waals surface area contributed by atoms with Crippen molar-refractivity contribution in [3.05, 3.63) is 286 Å². The van der Waals surface area contributed by atoms with Gasteiger partial charge < -0.3 is 87.9 Å². The first-order valence-electron chi connectivity index (χ1n) is 45.1. The summed E-state index contributed by atoms with van der Waals surface area (Å²) in [6, 6.07) is 52.8. The molecule has 0 fully saturated rings. The van der Waals surface area contributed by atoms with Gasteiger partial charge in [-0.1, -0.05) is 170 Å². The smallest absolute Gasteiger partial charge is 0.243 e. The van der Waals surface area contributed by atoms with Crippen LogP contribution in [-0.2, 0) is 83.7 Å². The van der Waals surface area contributed by atoms with Crippen LogP contribution in [0.25, 0.3) is 0 Å². The lowest BCUT2D eigenvalue weighted by molar-refractivity contribution is -0.151. The summed E-state index contributed by atoms with van der Waals surface area (Å²) in [5, 5.41) is 3.09. The van der Waals surface area contributed by atoms with Crippen molar-refractivity contribution in [1.29, 1.82) is 0 Å². The van der Waals surface area contributed by atoms with Crippen molar-refractivity contribution in [3.63, 3.8) is 0 Å². The molecule has 0 unspecified atom stereocenters. The molecule has 712 valence electrons. The summed E-state index contributed by atoms with van der Waals surface area (Å²) in [6.07, 6.45) is 3.28. The molecule has 8 aromatic rings. The van der Waals surface area contributed by atoms with E-state index in [1.165, 1.54) is 117 Å². The minimum absolute atomic E-state index is 0.0706. The Labute approximate surface area is 776 Å². The Hall–Kier alpha value is -13.1. The molecule has 29 nitrogen and oxygen atoms in total. The lowest BCUT2D eigenvalue weighted by Gasteiger charge is -2.36. The minimum Gasteiger partial charge on any atom is -0.368 e. The first-order valence-corrected chi connectivity index (χ1v) is 45.1. The molecular weight excluding hydrogens is 1710 g/mol. The van der Waals surface area contributed by atoms with Gasteiger partial charge in [-0.25, -0.2) is 17.6 Å². The third kappa shape index (κ3) is 34.5. The number of nitrogens with one attached hydrogen (secondary N) is 1. The molecular formula is C100H127F4N17O12. The molecule has 0 radical (unpaired) electrons. The summed E-state index contributed by atoms with van der Waals surface area (Å²) in [7, 11) is 0. The number of primary amides is 1. The van der Waals surface area contributed by atoms with E-state index in [1.807, 2.05) is 0 Å². The summed E-state index contributed by atoms with van der Waals surface area (Å²) in [6.45, 7) is -0.599. The van der Waals surface area contributed by atoms with E-state index in [2.05, 4.69) is 5.32 Å². The highest BCUT2D eigenvalue weighted by Crippen LogP contribution is 2.29. The van der Waals surface area contributed by atoms with Crippen LogP contribution < -0.4 is 34.0 Å². The number of carbonyl (C=O) groups excluding carboxylic acids is 12. The molecule has 0 spiro atoms. The summed E-state index contributed by atoms with van der Waals surface area (Å²) >= 11 is 0. The molecule has 133 heavy (non-hydrogen) atoms. The van der Waals surface area contributed by atoms with Crippen molar-refractivity contribution in [2.75, 3.05) is 131 Å². The van der Waals surface area contributed by atoms with Gasteiger partial charge in [0.15, 0.2) is 0 Å². The number of amides is 12. The van der Waals surface area contributed by atoms with Gasteiger partial charge in [0.05, 0.1) is 56.9 Å². The molecule has 0 aliphatic heterocycles. The van der Waals surface area contributed by atoms with Gasteiger partial charge in [0.25, 0.3) is 0 Å². The van der Waals surface area contributed by atoms with Crippen molar-refractivity contribution in [2.24, 2.45) is 28.7 Å². The Morgan fingerprint density at radius 1 is 0.256 bits per heavy atom. The van der Waals surface area contributed by atoms with Gasteiger partial charge in [0.1, 0.15) is 69.1 Å². The average molecular weight is 1840 g/mol. The number of hydrogen-bond acceptors (Lipinski definition) is 17. The second-order valence-electron chi connectivity index (χ2n) is 33.0. The standard InChI is InChI=1S/C100H127F4N17O12/c1-73(81-25-9-5-10-26-81)118(62-89(109)122)99(132)71-120(75(3)83-29-13-7-14-30-83)97(130)68-112(55-23-19-51-107)92(125)65-116(60-79-37-45-87(103)46-38-79)95(128)67-117(61-80-39-47-88(104)48-40-80)93(126)63-111(54-22-18-50-106)96(129)70-119(74(2)82-27-11-6-12-28-82)100(133)72-121(76(4)84-31-15-8-16-32-84)98(131)69-113(56-24-20-52-108)91(124)64-115(59-78-35-43-86(102)44-36-78)94(127)66-114(58-77-33-41-85(101)42-34-77)90(123)57-110-53-21-17-49-105/h5-16,25-48,73-76,110H,17-24,49-72,105-108H2,1-4H3,(H2,109,122)/t73-,74+,75-,76-/m0/s1. The van der Waals surface area contributed by atoms with E-state index in [4.69, 9.17) is 28.7 Å². The fourth-order valence-corrected chi connectivity index (χ4v) is 15.2. The summed E-state index contributed by atoms with van der Waals surface area (Å²) in [5.41, 5.74) is 33.6. The SMILES string of the molecule is C[C@H](c1ccccc1)N(CC(=O)N(CCCCN)CC(=O)N(CC(=O)N(CC(=O)N(CCCCN)CC(=O)N(CC(=O)N(CC(N)=O)[C@@H](C)c1ccccc1)[C@@H](C)c1ccccc1)Cc1ccc(F)cc1)Cc1ccc(F)cc1)C(=O)CN(C(=O)CN(CCCCN)C(=O)CN(Cc1ccc(F)cc1)C(=O)CN(Cc1ccc(F)cc1)C(=O)CNCCCCN)[C@@H](C)c1ccccc1. The first-order chi connectivity index (χ1) is 64.0. The molecule has 0 saturated carbocycles. The van der Waals surface area contributed by atoms with Crippen molar-refractivity contribution in [3.8, 4) is 0 Å². The van der Waals surface area contributed by atoms with E-state index in [0.29, 0.717) is 89.7 Å². The molecule has 0 aromatic heterocycles. The van der Waals surface area contributed by atoms with Crippen LogP contribution in [0, 0.1) is 23.3 Å². The number of nitrogens with zero attached hydrogens (tertiary/aromatic N) is 11. The second-order valence-corrected chi connectivity index (χ2v) is 33.0. The van der Waals surface area contributed by atoms with Crippen LogP contribution in [0.5, 0.6) is 0 Å². The predicted octanol–water partition coefficient (Wildman–Crippen LogP) is 8.53. The topological polar surface area (TPSA) is 383 Å². The van der Waals surface area contributed by atoms with E-state index >= 15 is 38.4 Å². The fourth-order valence-electron chi connectivity index (χ4n) is 15.2. The van der Waals surface area contributed by atoms with Gasteiger partial charge in [-0.15, -0.1) is 0 Å². The predicted molar refractivity (Wildman–Crippen MR) is 499 cm³/mol. The van der Waals surface area contributed by atoms with Crippen LogP contribution in [0.3, 0.4) is 0 Å². The number of halogens is 4. The maximum atomic E-state index is 15.9. The summed E-state index contributed by atoms with van der Waals surface area (Å²) in [4.78, 5) is 194. The zero-order valence-corrected chi connectivity index (χ0v) is 76.4. The number of unbranched alkanes of at least 4 members (excludes halogenated alkanes) is 4. The van der Waals surface area contributed by atoms with Crippen LogP contribution in [0.2, 0.25) is 0 Å². The van der Waals surface area contributed by atoms with E-state index in [0.717, 1.165) is 34.1 Å². The Morgan fingerprint density at radius 3 is 0.729 bits per heavy atom. The summed E-state index contributed by atoms with van der Waals surface area (Å²) in [5.74, 6) is -11.1. The van der Waals surface area contributed by atoms with Gasteiger partial charge in [-0.2, -0.15) is 0 Å². The average Bonchev–Trinajstić information content (AvgIpc) is 0.822. The van der Waals surface area contributed by atoms with Crippen LogP contribution in [0.4, 0.5) is 17.6 Å². The van der Waals surface area contributed by atoms with E-state index in [-0.39, 0.29) is 91.3 Å². The number of nitrogens with two attached hydrogens (primary N) is 5. The largest absolute Gasteiger partial charge is 0.368 e. The van der Waals surface area contributed by atoms with Crippen LogP contribution in [-0.4, -0.2) is 256 Å². The third-order valence-corrected chi connectivity index (χ3v) is 23.2. The van der Waals surface area contributed by atoms with Gasteiger partial charge in [-0.3, -0.25) is 57.5 Å². The Balaban J connectivity index is 1.10. The van der Waals surface area contributed by atoms with E-state index < -0.39 is 190 Å². The van der Waals surface area contributed by atoms with E-state index in [9.17, 15) is 36.7 Å². The second kappa shape index (κ2) is 55.3. The summed E-state index contributed by atoms with van der Waals surface area (Å²) < 4.78 is 58.3. The molecule has 0 heterocycles. The minimum atomic E-state index is -0.931. The Kier molecular flexibility index (Phi) is 43.8.